The molecule has 0 aliphatic heterocycles. The third-order valence-corrected chi connectivity index (χ3v) is 5.85. The molecular weight excluding hydrogens is 360 g/mol. The van der Waals surface area contributed by atoms with E-state index in [0.29, 0.717) is 0 Å². The zero-order chi connectivity index (χ0) is 14.8. The van der Waals surface area contributed by atoms with Gasteiger partial charge in [-0.1, -0.05) is 12.1 Å². The first-order chi connectivity index (χ1) is 9.38. The van der Waals surface area contributed by atoms with E-state index in [0.717, 1.165) is 14.9 Å². The van der Waals surface area contributed by atoms with E-state index in [-0.39, 0.29) is 17.5 Å². The molecule has 0 aliphatic carbocycles. The normalized spacial score (nSPS) is 13.3. The number of halogens is 1. The average molecular weight is 375 g/mol. The van der Waals surface area contributed by atoms with Crippen LogP contribution in [0, 0.1) is 0 Å². The highest BCUT2D eigenvalue weighted by Crippen LogP contribution is 2.21. The van der Waals surface area contributed by atoms with Crippen LogP contribution in [0.2, 0.25) is 0 Å². The van der Waals surface area contributed by atoms with Gasteiger partial charge in [0, 0.05) is 27.3 Å². The second-order valence-corrected chi connectivity index (χ2v) is 8.10. The monoisotopic (exact) mass is 374 g/mol. The summed E-state index contributed by atoms with van der Waals surface area (Å²) in [7, 11) is -3.52. The summed E-state index contributed by atoms with van der Waals surface area (Å²) in [4.78, 5) is 1.19. The van der Waals surface area contributed by atoms with Crippen LogP contribution in [-0.4, -0.2) is 8.42 Å². The summed E-state index contributed by atoms with van der Waals surface area (Å²) >= 11 is 4.84. The van der Waals surface area contributed by atoms with E-state index < -0.39 is 10.0 Å². The van der Waals surface area contributed by atoms with Crippen LogP contribution >= 0.6 is 27.3 Å². The first-order valence-electron chi connectivity index (χ1n) is 5.96. The SMILES string of the molecule is CC(N)c1cccc(S(=O)(=O)NCc2cc(Br)cs2)c1. The van der Waals surface area contributed by atoms with Crippen LogP contribution < -0.4 is 10.5 Å². The fraction of sp³-hybridized carbons (Fsp3) is 0.231. The Bertz CT molecular complexity index is 696. The molecule has 1 heterocycles. The van der Waals surface area contributed by atoms with E-state index in [9.17, 15) is 8.42 Å². The maximum absolute atomic E-state index is 12.2. The molecule has 1 atom stereocenters. The van der Waals surface area contributed by atoms with Gasteiger partial charge >= 0.3 is 0 Å². The van der Waals surface area contributed by atoms with Crippen molar-refractivity contribution in [2.45, 2.75) is 24.4 Å². The highest BCUT2D eigenvalue weighted by Gasteiger charge is 2.15. The zero-order valence-corrected chi connectivity index (χ0v) is 14.1. The Morgan fingerprint density at radius 1 is 1.40 bits per heavy atom. The van der Waals surface area contributed by atoms with Gasteiger partial charge in [0.1, 0.15) is 0 Å². The predicted octanol–water partition coefficient (Wildman–Crippen LogP) is 3.01. The van der Waals surface area contributed by atoms with Gasteiger partial charge in [-0.25, -0.2) is 13.1 Å². The Labute approximate surface area is 131 Å². The number of benzene rings is 1. The van der Waals surface area contributed by atoms with Gasteiger partial charge in [0.15, 0.2) is 0 Å². The molecule has 3 N–H and O–H groups in total. The van der Waals surface area contributed by atoms with Crippen molar-refractivity contribution in [3.8, 4) is 0 Å². The smallest absolute Gasteiger partial charge is 0.240 e. The van der Waals surface area contributed by atoms with Crippen LogP contribution in [0.15, 0.2) is 45.1 Å². The average Bonchev–Trinajstić information content (AvgIpc) is 2.82. The second kappa shape index (κ2) is 6.36. The van der Waals surface area contributed by atoms with Crippen molar-refractivity contribution < 1.29 is 8.42 Å². The lowest BCUT2D eigenvalue weighted by atomic mass is 10.1. The van der Waals surface area contributed by atoms with E-state index in [1.165, 1.54) is 11.3 Å². The van der Waals surface area contributed by atoms with E-state index in [2.05, 4.69) is 20.7 Å². The van der Waals surface area contributed by atoms with Gasteiger partial charge in [0.05, 0.1) is 4.90 Å². The molecule has 20 heavy (non-hydrogen) atoms. The maximum Gasteiger partial charge on any atom is 0.240 e. The lowest BCUT2D eigenvalue weighted by molar-refractivity contribution is 0.581. The minimum atomic E-state index is -3.52. The first kappa shape index (κ1) is 15.7. The molecule has 1 aromatic heterocycles. The van der Waals surface area contributed by atoms with Gasteiger partial charge in [0.2, 0.25) is 10.0 Å². The minimum absolute atomic E-state index is 0.196. The fourth-order valence-electron chi connectivity index (χ4n) is 1.66. The van der Waals surface area contributed by atoms with Gasteiger partial charge in [0.25, 0.3) is 0 Å². The molecule has 1 unspecified atom stereocenters. The van der Waals surface area contributed by atoms with E-state index in [4.69, 9.17) is 5.73 Å². The largest absolute Gasteiger partial charge is 0.324 e. The van der Waals surface area contributed by atoms with Crippen molar-refractivity contribution in [3.63, 3.8) is 0 Å². The van der Waals surface area contributed by atoms with Crippen molar-refractivity contribution in [2.24, 2.45) is 5.73 Å². The summed E-state index contributed by atoms with van der Waals surface area (Å²) in [5, 5.41) is 1.92. The molecule has 1 aromatic carbocycles. The predicted molar refractivity (Wildman–Crippen MR) is 85.1 cm³/mol. The summed E-state index contributed by atoms with van der Waals surface area (Å²) in [6.45, 7) is 2.10. The Morgan fingerprint density at radius 3 is 2.75 bits per heavy atom. The van der Waals surface area contributed by atoms with Crippen molar-refractivity contribution in [2.75, 3.05) is 0 Å². The van der Waals surface area contributed by atoms with Gasteiger partial charge in [-0.2, -0.15) is 0 Å². The van der Waals surface area contributed by atoms with Gasteiger partial charge in [-0.15, -0.1) is 11.3 Å². The Balaban J connectivity index is 2.15. The van der Waals surface area contributed by atoms with E-state index in [1.54, 1.807) is 18.2 Å². The third-order valence-electron chi connectivity index (χ3n) is 2.75. The molecule has 108 valence electrons. The summed E-state index contributed by atoms with van der Waals surface area (Å²) in [6, 6.07) is 8.40. The standard InChI is InChI=1S/C13H15BrN2O2S2/c1-9(15)10-3-2-4-13(5-10)20(17,18)16-7-12-6-11(14)8-19-12/h2-6,8-9,16H,7,15H2,1H3. The lowest BCUT2D eigenvalue weighted by Gasteiger charge is -2.09. The number of rotatable bonds is 5. The molecule has 2 rings (SSSR count). The van der Waals surface area contributed by atoms with Crippen molar-refractivity contribution in [1.82, 2.24) is 4.72 Å². The van der Waals surface area contributed by atoms with Crippen LogP contribution in [0.25, 0.3) is 0 Å². The molecule has 0 aliphatic rings. The number of hydrogen-bond acceptors (Lipinski definition) is 4. The van der Waals surface area contributed by atoms with Crippen LogP contribution in [-0.2, 0) is 16.6 Å². The van der Waals surface area contributed by atoms with Gasteiger partial charge < -0.3 is 5.73 Å². The number of nitrogens with two attached hydrogens (primary N) is 1. The molecule has 2 aromatic rings. The van der Waals surface area contributed by atoms with Crippen LogP contribution in [0.5, 0.6) is 0 Å². The minimum Gasteiger partial charge on any atom is -0.324 e. The number of sulfonamides is 1. The highest BCUT2D eigenvalue weighted by molar-refractivity contribution is 9.10. The van der Waals surface area contributed by atoms with E-state index >= 15 is 0 Å². The summed E-state index contributed by atoms with van der Waals surface area (Å²) in [6.07, 6.45) is 0. The quantitative estimate of drug-likeness (QED) is 0.844. The van der Waals surface area contributed by atoms with Gasteiger partial charge in [-0.3, -0.25) is 0 Å². The molecule has 0 saturated carbocycles. The first-order valence-corrected chi connectivity index (χ1v) is 9.12. The molecule has 4 nitrogen and oxygen atoms in total. The summed E-state index contributed by atoms with van der Waals surface area (Å²) < 4.78 is 28.0. The second-order valence-electron chi connectivity index (χ2n) is 4.42. The molecule has 0 amide bonds. The van der Waals surface area contributed by atoms with Crippen molar-refractivity contribution >= 4 is 37.3 Å². The molecular formula is C13H15BrN2O2S2. The van der Waals surface area contributed by atoms with Crippen LogP contribution in [0.1, 0.15) is 23.4 Å². The third kappa shape index (κ3) is 3.89. The van der Waals surface area contributed by atoms with Crippen LogP contribution in [0.3, 0.4) is 0 Å². The highest BCUT2D eigenvalue weighted by atomic mass is 79.9. The molecule has 0 saturated heterocycles. The summed E-state index contributed by atoms with van der Waals surface area (Å²) in [5.74, 6) is 0. The Hall–Kier alpha value is -0.730. The number of thiophene rings is 1. The molecule has 0 bridgehead atoms. The Kier molecular flexibility index (Phi) is 4.98. The molecule has 0 fully saturated rings. The zero-order valence-electron chi connectivity index (χ0n) is 10.8. The maximum atomic E-state index is 12.2. The number of nitrogens with one attached hydrogen (secondary N) is 1. The van der Waals surface area contributed by atoms with E-state index in [1.807, 2.05) is 24.4 Å². The molecule has 0 radical (unpaired) electrons. The molecule has 0 spiro atoms. The van der Waals surface area contributed by atoms with Gasteiger partial charge in [-0.05, 0) is 46.6 Å². The van der Waals surface area contributed by atoms with Crippen LogP contribution in [0.4, 0.5) is 0 Å². The van der Waals surface area contributed by atoms with Crippen molar-refractivity contribution in [1.29, 1.82) is 0 Å². The van der Waals surface area contributed by atoms with Crippen molar-refractivity contribution in [3.05, 3.63) is 50.6 Å². The topological polar surface area (TPSA) is 72.2 Å². The fourth-order valence-corrected chi connectivity index (χ4v) is 4.20. The number of hydrogen-bond donors (Lipinski definition) is 2. The lowest BCUT2D eigenvalue weighted by Crippen LogP contribution is -2.23. The Morgan fingerprint density at radius 2 is 2.15 bits per heavy atom. The summed E-state index contributed by atoms with van der Waals surface area (Å²) in [5.41, 5.74) is 6.57. The molecule has 7 heteroatoms.